The number of thiophene rings is 1. The molecule has 0 spiro atoms. The molecule has 0 radical (unpaired) electrons. The lowest BCUT2D eigenvalue weighted by Gasteiger charge is -2.38. The third-order valence-corrected chi connectivity index (χ3v) is 5.15. The van der Waals surface area contributed by atoms with Gasteiger partial charge in [0.25, 0.3) is 0 Å². The van der Waals surface area contributed by atoms with Crippen LogP contribution in [-0.2, 0) is 11.3 Å². The zero-order valence-electron chi connectivity index (χ0n) is 10.8. The second-order valence-electron chi connectivity index (χ2n) is 5.43. The zero-order valence-corrected chi connectivity index (χ0v) is 13.2. The summed E-state index contributed by atoms with van der Waals surface area (Å²) < 4.78 is 1.08. The topological polar surface area (TPSA) is 41.1 Å². The maximum atomic E-state index is 12.2. The van der Waals surface area contributed by atoms with Crippen LogP contribution in [0, 0.1) is 5.41 Å². The lowest BCUT2D eigenvalue weighted by Crippen LogP contribution is -2.55. The Balaban J connectivity index is 1.91. The van der Waals surface area contributed by atoms with Gasteiger partial charge in [-0.25, -0.2) is 0 Å². The monoisotopic (exact) mass is 330 g/mol. The molecule has 2 heterocycles. The highest BCUT2D eigenvalue weighted by Crippen LogP contribution is 2.30. The van der Waals surface area contributed by atoms with E-state index >= 15 is 0 Å². The first-order valence-electron chi connectivity index (χ1n) is 6.23. The van der Waals surface area contributed by atoms with E-state index in [9.17, 15) is 4.79 Å². The minimum atomic E-state index is -0.0744. The van der Waals surface area contributed by atoms with Gasteiger partial charge in [-0.15, -0.1) is 11.3 Å². The van der Waals surface area contributed by atoms with Gasteiger partial charge in [0.1, 0.15) is 0 Å². The van der Waals surface area contributed by atoms with Gasteiger partial charge in [0.2, 0.25) is 5.91 Å². The molecule has 1 unspecified atom stereocenters. The van der Waals surface area contributed by atoms with Crippen molar-refractivity contribution in [2.45, 2.75) is 39.3 Å². The van der Waals surface area contributed by atoms with Crippen LogP contribution in [0.15, 0.2) is 15.9 Å². The summed E-state index contributed by atoms with van der Waals surface area (Å²) in [4.78, 5) is 13.4. The summed E-state index contributed by atoms with van der Waals surface area (Å²) in [6.07, 6.45) is 2.25. The minimum absolute atomic E-state index is 0.0400. The molecule has 5 heteroatoms. The van der Waals surface area contributed by atoms with Crippen molar-refractivity contribution in [1.82, 2.24) is 10.6 Å². The fourth-order valence-corrected chi connectivity index (χ4v) is 3.77. The van der Waals surface area contributed by atoms with Crippen LogP contribution in [-0.4, -0.2) is 18.5 Å². The predicted molar refractivity (Wildman–Crippen MR) is 78.7 cm³/mol. The van der Waals surface area contributed by atoms with Crippen LogP contribution < -0.4 is 10.6 Å². The van der Waals surface area contributed by atoms with Crippen molar-refractivity contribution in [1.29, 1.82) is 0 Å². The van der Waals surface area contributed by atoms with Crippen LogP contribution in [0.3, 0.4) is 0 Å². The summed E-state index contributed by atoms with van der Waals surface area (Å²) in [5, 5.41) is 8.39. The predicted octanol–water partition coefficient (Wildman–Crippen LogP) is 2.91. The smallest absolute Gasteiger partial charge is 0.237 e. The van der Waals surface area contributed by atoms with Crippen LogP contribution in [0.25, 0.3) is 0 Å². The largest absolute Gasteiger partial charge is 0.350 e. The summed E-state index contributed by atoms with van der Waals surface area (Å²) in [6.45, 7) is 5.87. The standard InChI is InChI=1S/C13H19BrN2OS/c1-13(2)4-3-5-15-11(13)12(17)16-7-10-6-9(14)8-18-10/h6,8,11,15H,3-5,7H2,1-2H3,(H,16,17). The second kappa shape index (κ2) is 5.72. The van der Waals surface area contributed by atoms with E-state index in [1.54, 1.807) is 11.3 Å². The second-order valence-corrected chi connectivity index (χ2v) is 7.34. The van der Waals surface area contributed by atoms with Crippen LogP contribution in [0.4, 0.5) is 0 Å². The van der Waals surface area contributed by atoms with Gasteiger partial charge in [-0.3, -0.25) is 4.79 Å². The third kappa shape index (κ3) is 3.33. The average Bonchev–Trinajstić information content (AvgIpc) is 2.71. The van der Waals surface area contributed by atoms with E-state index in [4.69, 9.17) is 0 Å². The molecule has 18 heavy (non-hydrogen) atoms. The lowest BCUT2D eigenvalue weighted by atomic mass is 9.77. The summed E-state index contributed by atoms with van der Waals surface area (Å²) in [7, 11) is 0. The normalized spacial score (nSPS) is 22.7. The number of nitrogens with one attached hydrogen (secondary N) is 2. The van der Waals surface area contributed by atoms with E-state index in [2.05, 4.69) is 40.4 Å². The molecule has 1 aromatic rings. The van der Waals surface area contributed by atoms with Crippen molar-refractivity contribution in [3.05, 3.63) is 20.8 Å². The summed E-state index contributed by atoms with van der Waals surface area (Å²) in [6, 6.07) is 1.97. The van der Waals surface area contributed by atoms with E-state index in [1.165, 1.54) is 4.88 Å². The fraction of sp³-hybridized carbons (Fsp3) is 0.615. The molecule has 2 N–H and O–H groups in total. The molecule has 0 saturated carbocycles. The van der Waals surface area contributed by atoms with E-state index in [1.807, 2.05) is 11.4 Å². The van der Waals surface area contributed by atoms with Gasteiger partial charge in [-0.2, -0.15) is 0 Å². The number of rotatable bonds is 3. The first kappa shape index (κ1) is 14.0. The van der Waals surface area contributed by atoms with Crippen molar-refractivity contribution < 1.29 is 4.79 Å². The molecule has 2 rings (SSSR count). The maximum absolute atomic E-state index is 12.2. The van der Waals surface area contributed by atoms with E-state index in [-0.39, 0.29) is 17.4 Å². The van der Waals surface area contributed by atoms with Crippen LogP contribution in [0.5, 0.6) is 0 Å². The van der Waals surface area contributed by atoms with Crippen LogP contribution in [0.2, 0.25) is 0 Å². The molecule has 0 aliphatic carbocycles. The minimum Gasteiger partial charge on any atom is -0.350 e. The zero-order chi connectivity index (χ0) is 13.2. The molecule has 1 saturated heterocycles. The maximum Gasteiger partial charge on any atom is 0.237 e. The average molecular weight is 331 g/mol. The Bertz CT molecular complexity index is 430. The molecule has 1 aliphatic rings. The molecule has 100 valence electrons. The van der Waals surface area contributed by atoms with Gasteiger partial charge in [0, 0.05) is 14.7 Å². The number of halogens is 1. The molecule has 0 bridgehead atoms. The van der Waals surface area contributed by atoms with Crippen molar-refractivity contribution >= 4 is 33.2 Å². The Morgan fingerprint density at radius 2 is 2.44 bits per heavy atom. The van der Waals surface area contributed by atoms with Gasteiger partial charge in [-0.05, 0) is 46.8 Å². The Hall–Kier alpha value is -0.390. The lowest BCUT2D eigenvalue weighted by molar-refractivity contribution is -0.126. The van der Waals surface area contributed by atoms with E-state index < -0.39 is 0 Å². The molecular formula is C13H19BrN2OS. The third-order valence-electron chi connectivity index (χ3n) is 3.45. The van der Waals surface area contributed by atoms with Gasteiger partial charge in [-0.1, -0.05) is 13.8 Å². The summed E-state index contributed by atoms with van der Waals surface area (Å²) in [5.41, 5.74) is 0.0400. The molecule has 3 nitrogen and oxygen atoms in total. The Kier molecular flexibility index (Phi) is 4.45. The van der Waals surface area contributed by atoms with Gasteiger partial charge in [0.05, 0.1) is 12.6 Å². The number of hydrogen-bond donors (Lipinski definition) is 2. The number of piperidine rings is 1. The molecule has 1 atom stereocenters. The van der Waals surface area contributed by atoms with Gasteiger partial charge < -0.3 is 10.6 Å². The molecule has 1 fully saturated rings. The highest BCUT2D eigenvalue weighted by molar-refractivity contribution is 9.10. The van der Waals surface area contributed by atoms with Crippen molar-refractivity contribution in [2.24, 2.45) is 5.41 Å². The first-order chi connectivity index (χ1) is 8.49. The van der Waals surface area contributed by atoms with Crippen molar-refractivity contribution in [2.75, 3.05) is 6.54 Å². The Morgan fingerprint density at radius 3 is 3.06 bits per heavy atom. The fourth-order valence-electron chi connectivity index (χ4n) is 2.38. The summed E-state index contributed by atoms with van der Waals surface area (Å²) in [5.74, 6) is 0.115. The molecule has 1 aromatic heterocycles. The first-order valence-corrected chi connectivity index (χ1v) is 7.90. The van der Waals surface area contributed by atoms with Crippen molar-refractivity contribution in [3.63, 3.8) is 0 Å². The van der Waals surface area contributed by atoms with Gasteiger partial charge >= 0.3 is 0 Å². The number of amides is 1. The number of carbonyl (C=O) groups excluding carboxylic acids is 1. The van der Waals surface area contributed by atoms with Crippen molar-refractivity contribution in [3.8, 4) is 0 Å². The van der Waals surface area contributed by atoms with Crippen LogP contribution in [0.1, 0.15) is 31.6 Å². The number of hydrogen-bond acceptors (Lipinski definition) is 3. The highest BCUT2D eigenvalue weighted by Gasteiger charge is 2.36. The summed E-state index contributed by atoms with van der Waals surface area (Å²) >= 11 is 5.08. The Morgan fingerprint density at radius 1 is 1.67 bits per heavy atom. The number of carbonyl (C=O) groups is 1. The Labute approximate surface area is 120 Å². The SMILES string of the molecule is CC1(C)CCCNC1C(=O)NCc1cc(Br)cs1. The molecular weight excluding hydrogens is 312 g/mol. The van der Waals surface area contributed by atoms with Gasteiger partial charge in [0.15, 0.2) is 0 Å². The van der Waals surface area contributed by atoms with E-state index in [0.29, 0.717) is 6.54 Å². The van der Waals surface area contributed by atoms with Crippen LogP contribution >= 0.6 is 27.3 Å². The van der Waals surface area contributed by atoms with E-state index in [0.717, 1.165) is 23.9 Å². The highest BCUT2D eigenvalue weighted by atomic mass is 79.9. The molecule has 1 aliphatic heterocycles. The quantitative estimate of drug-likeness (QED) is 0.894. The molecule has 0 aromatic carbocycles. The molecule has 1 amide bonds.